The van der Waals surface area contributed by atoms with Crippen molar-refractivity contribution in [3.05, 3.63) is 11.9 Å². The predicted molar refractivity (Wildman–Crippen MR) is 94.2 cm³/mol. The van der Waals surface area contributed by atoms with Crippen LogP contribution in [-0.4, -0.2) is 34.7 Å². The first kappa shape index (κ1) is 18.4. The van der Waals surface area contributed by atoms with E-state index in [1.165, 1.54) is 0 Å². The average molecular weight is 359 g/mol. The highest BCUT2D eigenvalue weighted by molar-refractivity contribution is 6.02. The van der Waals surface area contributed by atoms with Gasteiger partial charge in [-0.15, -0.1) is 0 Å². The maximum atomic E-state index is 12.5. The van der Waals surface area contributed by atoms with E-state index in [4.69, 9.17) is 10.00 Å². The fourth-order valence-electron chi connectivity index (χ4n) is 3.47. The Kier molecular flexibility index (Phi) is 6.23. The predicted octanol–water partition coefficient (Wildman–Crippen LogP) is 2.35. The van der Waals surface area contributed by atoms with Gasteiger partial charge >= 0.3 is 0 Å². The van der Waals surface area contributed by atoms with Crippen molar-refractivity contribution in [3.8, 4) is 6.07 Å². The molecule has 1 saturated carbocycles. The number of carbonyl (C=O) groups is 2. The molecule has 140 valence electrons. The SMILES string of the molecule is N#CCCNC(=O)c1nn(C2CCCCO2)cc1NC(=O)C1CCCC1. The second-order valence-electron chi connectivity index (χ2n) is 6.83. The summed E-state index contributed by atoms with van der Waals surface area (Å²) in [6, 6.07) is 1.99. The van der Waals surface area contributed by atoms with E-state index < -0.39 is 5.91 Å². The van der Waals surface area contributed by atoms with Crippen LogP contribution in [0.3, 0.4) is 0 Å². The average Bonchev–Trinajstić information content (AvgIpc) is 3.33. The molecule has 3 rings (SSSR count). The Labute approximate surface area is 152 Å². The van der Waals surface area contributed by atoms with Gasteiger partial charge in [0.15, 0.2) is 5.69 Å². The van der Waals surface area contributed by atoms with Crippen molar-refractivity contribution in [2.75, 3.05) is 18.5 Å². The molecule has 1 aromatic rings. The molecule has 8 heteroatoms. The van der Waals surface area contributed by atoms with Crippen molar-refractivity contribution in [2.24, 2.45) is 5.92 Å². The van der Waals surface area contributed by atoms with Crippen LogP contribution in [0.1, 0.15) is 68.1 Å². The van der Waals surface area contributed by atoms with Gasteiger partial charge in [-0.3, -0.25) is 9.59 Å². The molecule has 2 fully saturated rings. The molecule has 0 bridgehead atoms. The van der Waals surface area contributed by atoms with E-state index in [-0.39, 0.29) is 36.7 Å². The Hall–Kier alpha value is -2.40. The largest absolute Gasteiger partial charge is 0.357 e. The van der Waals surface area contributed by atoms with Crippen LogP contribution in [0, 0.1) is 17.2 Å². The maximum absolute atomic E-state index is 12.5. The summed E-state index contributed by atoms with van der Waals surface area (Å²) >= 11 is 0. The topological polar surface area (TPSA) is 109 Å². The standard InChI is InChI=1S/C18H25N5O3/c19-9-5-10-20-18(25)16-14(21-17(24)13-6-1-2-7-13)12-23(22-16)15-8-3-4-11-26-15/h12-13,15H,1-8,10-11H2,(H,20,25)(H,21,24). The Morgan fingerprint density at radius 3 is 2.73 bits per heavy atom. The normalized spacial score (nSPS) is 20.5. The number of ether oxygens (including phenoxy) is 1. The lowest BCUT2D eigenvalue weighted by Gasteiger charge is -2.22. The lowest BCUT2D eigenvalue weighted by molar-refractivity contribution is -0.119. The van der Waals surface area contributed by atoms with Crippen LogP contribution in [0.2, 0.25) is 0 Å². The molecule has 1 atom stereocenters. The summed E-state index contributed by atoms with van der Waals surface area (Å²) in [6.45, 7) is 0.913. The van der Waals surface area contributed by atoms with Crippen molar-refractivity contribution < 1.29 is 14.3 Å². The Morgan fingerprint density at radius 2 is 2.04 bits per heavy atom. The second kappa shape index (κ2) is 8.81. The van der Waals surface area contributed by atoms with E-state index in [2.05, 4.69) is 15.7 Å². The molecule has 26 heavy (non-hydrogen) atoms. The van der Waals surface area contributed by atoms with Gasteiger partial charge in [0.1, 0.15) is 6.23 Å². The minimum Gasteiger partial charge on any atom is -0.357 e. The van der Waals surface area contributed by atoms with Crippen molar-refractivity contribution in [3.63, 3.8) is 0 Å². The molecule has 1 aliphatic carbocycles. The molecule has 1 unspecified atom stereocenters. The number of carbonyl (C=O) groups excluding carboxylic acids is 2. The number of hydrogen-bond acceptors (Lipinski definition) is 5. The molecule has 1 aromatic heterocycles. The van der Waals surface area contributed by atoms with Gasteiger partial charge in [-0.1, -0.05) is 12.8 Å². The minimum absolute atomic E-state index is 0.00113. The highest BCUT2D eigenvalue weighted by atomic mass is 16.5. The fraction of sp³-hybridized carbons (Fsp3) is 0.667. The number of nitrogens with zero attached hydrogens (tertiary/aromatic N) is 3. The zero-order valence-electron chi connectivity index (χ0n) is 14.9. The molecule has 0 aromatic carbocycles. The molecule has 1 aliphatic heterocycles. The third kappa shape index (κ3) is 4.41. The third-order valence-electron chi connectivity index (χ3n) is 4.90. The Morgan fingerprint density at radius 1 is 1.27 bits per heavy atom. The number of anilines is 1. The zero-order chi connectivity index (χ0) is 18.4. The first-order chi connectivity index (χ1) is 12.7. The van der Waals surface area contributed by atoms with Gasteiger partial charge < -0.3 is 15.4 Å². The van der Waals surface area contributed by atoms with Crippen LogP contribution in [0.25, 0.3) is 0 Å². The molecule has 1 saturated heterocycles. The quantitative estimate of drug-likeness (QED) is 0.758. The van der Waals surface area contributed by atoms with E-state index in [9.17, 15) is 9.59 Å². The van der Waals surface area contributed by atoms with Gasteiger partial charge in [0, 0.05) is 19.1 Å². The van der Waals surface area contributed by atoms with Crippen LogP contribution in [0.4, 0.5) is 5.69 Å². The lowest BCUT2D eigenvalue weighted by atomic mass is 10.1. The van der Waals surface area contributed by atoms with E-state index in [0.717, 1.165) is 44.9 Å². The third-order valence-corrected chi connectivity index (χ3v) is 4.90. The second-order valence-corrected chi connectivity index (χ2v) is 6.83. The number of nitriles is 1. The van der Waals surface area contributed by atoms with Gasteiger partial charge in [0.2, 0.25) is 5.91 Å². The van der Waals surface area contributed by atoms with Crippen LogP contribution in [-0.2, 0) is 9.53 Å². The van der Waals surface area contributed by atoms with Gasteiger partial charge in [-0.05, 0) is 32.1 Å². The lowest BCUT2D eigenvalue weighted by Crippen LogP contribution is -2.27. The van der Waals surface area contributed by atoms with E-state index in [1.54, 1.807) is 10.9 Å². The maximum Gasteiger partial charge on any atom is 0.273 e. The smallest absolute Gasteiger partial charge is 0.273 e. The number of nitrogens with one attached hydrogen (secondary N) is 2. The monoisotopic (exact) mass is 359 g/mol. The Balaban J connectivity index is 1.77. The molecule has 2 heterocycles. The molecule has 8 nitrogen and oxygen atoms in total. The summed E-state index contributed by atoms with van der Waals surface area (Å²) in [7, 11) is 0. The van der Waals surface area contributed by atoms with Crippen LogP contribution >= 0.6 is 0 Å². The summed E-state index contributed by atoms with van der Waals surface area (Å²) in [5.74, 6) is -0.451. The molecule has 2 amide bonds. The van der Waals surface area contributed by atoms with Gasteiger partial charge in [0.05, 0.1) is 24.4 Å². The van der Waals surface area contributed by atoms with Crippen LogP contribution in [0.5, 0.6) is 0 Å². The molecule has 0 spiro atoms. The van der Waals surface area contributed by atoms with Crippen molar-refractivity contribution in [2.45, 2.75) is 57.6 Å². The minimum atomic E-state index is -0.392. The summed E-state index contributed by atoms with van der Waals surface area (Å²) in [4.78, 5) is 24.9. The van der Waals surface area contributed by atoms with Gasteiger partial charge in [0.25, 0.3) is 5.91 Å². The van der Waals surface area contributed by atoms with E-state index >= 15 is 0 Å². The zero-order valence-corrected chi connectivity index (χ0v) is 14.9. The first-order valence-electron chi connectivity index (χ1n) is 9.36. The molecule has 0 radical (unpaired) electrons. The number of amides is 2. The van der Waals surface area contributed by atoms with Crippen molar-refractivity contribution in [1.29, 1.82) is 5.26 Å². The molecular weight excluding hydrogens is 334 g/mol. The number of hydrogen-bond donors (Lipinski definition) is 2. The molecule has 2 N–H and O–H groups in total. The first-order valence-corrected chi connectivity index (χ1v) is 9.36. The summed E-state index contributed by atoms with van der Waals surface area (Å²) < 4.78 is 7.36. The number of rotatable bonds is 6. The number of aromatic nitrogens is 2. The molecule has 2 aliphatic rings. The van der Waals surface area contributed by atoms with E-state index in [1.807, 2.05) is 6.07 Å². The summed E-state index contributed by atoms with van der Waals surface area (Å²) in [5.41, 5.74) is 0.578. The van der Waals surface area contributed by atoms with Crippen molar-refractivity contribution in [1.82, 2.24) is 15.1 Å². The van der Waals surface area contributed by atoms with Crippen molar-refractivity contribution >= 4 is 17.5 Å². The highest BCUT2D eigenvalue weighted by Gasteiger charge is 2.27. The van der Waals surface area contributed by atoms with Gasteiger partial charge in [-0.25, -0.2) is 4.68 Å². The van der Waals surface area contributed by atoms with E-state index in [0.29, 0.717) is 12.3 Å². The summed E-state index contributed by atoms with van der Waals surface area (Å²) in [5, 5.41) is 18.5. The fourth-order valence-corrected chi connectivity index (χ4v) is 3.47. The van der Waals surface area contributed by atoms with Crippen LogP contribution in [0.15, 0.2) is 6.20 Å². The molecular formula is C18H25N5O3. The van der Waals surface area contributed by atoms with Crippen LogP contribution < -0.4 is 10.6 Å². The Bertz CT molecular complexity index is 681. The highest BCUT2D eigenvalue weighted by Crippen LogP contribution is 2.28. The summed E-state index contributed by atoms with van der Waals surface area (Å²) in [6.07, 6.45) is 8.47. The van der Waals surface area contributed by atoms with Gasteiger partial charge in [-0.2, -0.15) is 10.4 Å².